The molecule has 2 N–H and O–H groups in total. The minimum atomic E-state index is -0.314. The van der Waals surface area contributed by atoms with E-state index >= 15 is 0 Å². The van der Waals surface area contributed by atoms with Gasteiger partial charge in [-0.15, -0.1) is 0 Å². The zero-order chi connectivity index (χ0) is 9.19. The Kier molecular flexibility index (Phi) is 2.47. The quantitative estimate of drug-likeness (QED) is 0.726. The van der Waals surface area contributed by atoms with Crippen molar-refractivity contribution in [2.45, 2.75) is 32.2 Å². The molecule has 1 heterocycles. The summed E-state index contributed by atoms with van der Waals surface area (Å²) in [4.78, 5) is 4.16. The standard InChI is InChI=1S/C8H16N4/c1-4-8(9,5-2)7-10-6-11-12(7)3/h6H,4-5,9H2,1-3H3. The van der Waals surface area contributed by atoms with E-state index in [1.54, 1.807) is 11.0 Å². The van der Waals surface area contributed by atoms with Crippen LogP contribution in [0, 0.1) is 0 Å². The van der Waals surface area contributed by atoms with E-state index in [0.717, 1.165) is 18.7 Å². The monoisotopic (exact) mass is 168 g/mol. The summed E-state index contributed by atoms with van der Waals surface area (Å²) in [6, 6.07) is 0. The molecule has 1 rings (SSSR count). The lowest BCUT2D eigenvalue weighted by Gasteiger charge is -2.24. The van der Waals surface area contributed by atoms with Crippen LogP contribution >= 0.6 is 0 Å². The molecule has 0 bridgehead atoms. The maximum Gasteiger partial charge on any atom is 0.146 e. The highest BCUT2D eigenvalue weighted by Crippen LogP contribution is 2.22. The molecule has 68 valence electrons. The van der Waals surface area contributed by atoms with Gasteiger partial charge in [0.05, 0.1) is 5.54 Å². The maximum atomic E-state index is 6.14. The van der Waals surface area contributed by atoms with E-state index in [9.17, 15) is 0 Å². The van der Waals surface area contributed by atoms with Crippen molar-refractivity contribution in [2.24, 2.45) is 12.8 Å². The molecule has 1 aromatic heterocycles. The molecule has 1 aromatic rings. The number of hydrogen-bond acceptors (Lipinski definition) is 3. The largest absolute Gasteiger partial charge is 0.319 e. The highest BCUT2D eigenvalue weighted by Gasteiger charge is 2.27. The molecule has 4 heteroatoms. The fourth-order valence-corrected chi connectivity index (χ4v) is 1.31. The van der Waals surface area contributed by atoms with Gasteiger partial charge in [0.25, 0.3) is 0 Å². The predicted octanol–water partition coefficient (Wildman–Crippen LogP) is 0.789. The highest BCUT2D eigenvalue weighted by atomic mass is 15.3. The molecular formula is C8H16N4. The van der Waals surface area contributed by atoms with E-state index in [4.69, 9.17) is 5.73 Å². The van der Waals surface area contributed by atoms with Gasteiger partial charge in [0.15, 0.2) is 0 Å². The Labute approximate surface area is 72.8 Å². The Hall–Kier alpha value is -0.900. The van der Waals surface area contributed by atoms with E-state index < -0.39 is 0 Å². The molecule has 4 nitrogen and oxygen atoms in total. The molecule has 0 aromatic carbocycles. The lowest BCUT2D eigenvalue weighted by molar-refractivity contribution is 0.370. The van der Waals surface area contributed by atoms with E-state index in [1.807, 2.05) is 7.05 Å². The van der Waals surface area contributed by atoms with E-state index in [2.05, 4.69) is 23.9 Å². The van der Waals surface area contributed by atoms with Gasteiger partial charge in [0.1, 0.15) is 12.2 Å². The molecule has 0 aliphatic carbocycles. The predicted molar refractivity (Wildman–Crippen MR) is 47.5 cm³/mol. The van der Waals surface area contributed by atoms with Gasteiger partial charge in [-0.2, -0.15) is 5.10 Å². The first-order valence-electron chi connectivity index (χ1n) is 4.27. The average molecular weight is 168 g/mol. The summed E-state index contributed by atoms with van der Waals surface area (Å²) in [5, 5.41) is 4.00. The van der Waals surface area contributed by atoms with Crippen LogP contribution in [0.15, 0.2) is 6.33 Å². The van der Waals surface area contributed by atoms with Crippen LogP contribution in [0.3, 0.4) is 0 Å². The maximum absolute atomic E-state index is 6.14. The smallest absolute Gasteiger partial charge is 0.146 e. The van der Waals surface area contributed by atoms with Crippen LogP contribution in [0.1, 0.15) is 32.5 Å². The first-order valence-corrected chi connectivity index (χ1v) is 4.27. The third-order valence-electron chi connectivity index (χ3n) is 2.42. The van der Waals surface area contributed by atoms with Crippen LogP contribution in [0.4, 0.5) is 0 Å². The molecule has 0 radical (unpaired) electrons. The average Bonchev–Trinajstić information content (AvgIpc) is 2.51. The molecule has 0 spiro atoms. The third kappa shape index (κ3) is 1.34. The van der Waals surface area contributed by atoms with E-state index in [1.165, 1.54) is 0 Å². The molecule has 0 saturated carbocycles. The Bertz CT molecular complexity index is 249. The molecule has 0 fully saturated rings. The molecule has 0 amide bonds. The second-order valence-electron chi connectivity index (χ2n) is 3.07. The first-order chi connectivity index (χ1) is 5.64. The zero-order valence-corrected chi connectivity index (χ0v) is 7.91. The van der Waals surface area contributed by atoms with Gasteiger partial charge in [-0.25, -0.2) is 4.98 Å². The summed E-state index contributed by atoms with van der Waals surface area (Å²) in [6.07, 6.45) is 3.31. The van der Waals surface area contributed by atoms with Gasteiger partial charge in [-0.3, -0.25) is 4.68 Å². The van der Waals surface area contributed by atoms with E-state index in [-0.39, 0.29) is 5.54 Å². The van der Waals surface area contributed by atoms with Crippen molar-refractivity contribution in [2.75, 3.05) is 0 Å². The Morgan fingerprint density at radius 1 is 1.50 bits per heavy atom. The summed E-state index contributed by atoms with van der Waals surface area (Å²) >= 11 is 0. The van der Waals surface area contributed by atoms with Crippen LogP contribution in [0.2, 0.25) is 0 Å². The lowest BCUT2D eigenvalue weighted by atomic mass is 9.93. The van der Waals surface area contributed by atoms with Crippen LogP contribution < -0.4 is 5.73 Å². The fraction of sp³-hybridized carbons (Fsp3) is 0.750. The second kappa shape index (κ2) is 3.23. The summed E-state index contributed by atoms with van der Waals surface area (Å²) < 4.78 is 1.74. The fourth-order valence-electron chi connectivity index (χ4n) is 1.31. The summed E-state index contributed by atoms with van der Waals surface area (Å²) in [6.45, 7) is 4.14. The Morgan fingerprint density at radius 3 is 2.42 bits per heavy atom. The van der Waals surface area contributed by atoms with Gasteiger partial charge in [-0.1, -0.05) is 13.8 Å². The second-order valence-corrected chi connectivity index (χ2v) is 3.07. The normalized spacial score (nSPS) is 12.0. The molecular weight excluding hydrogens is 152 g/mol. The lowest BCUT2D eigenvalue weighted by Crippen LogP contribution is -2.38. The third-order valence-corrected chi connectivity index (χ3v) is 2.42. The minimum absolute atomic E-state index is 0.314. The number of nitrogens with two attached hydrogens (primary N) is 1. The minimum Gasteiger partial charge on any atom is -0.319 e. The van der Waals surface area contributed by atoms with Gasteiger partial charge in [-0.05, 0) is 12.8 Å². The topological polar surface area (TPSA) is 56.7 Å². The molecule has 0 saturated heterocycles. The SMILES string of the molecule is CCC(N)(CC)c1ncnn1C. The Balaban J connectivity index is 3.02. The molecule has 0 aliphatic heterocycles. The van der Waals surface area contributed by atoms with Crippen LogP contribution in [0.25, 0.3) is 0 Å². The zero-order valence-electron chi connectivity index (χ0n) is 7.91. The van der Waals surface area contributed by atoms with Crippen LogP contribution in [-0.4, -0.2) is 14.8 Å². The van der Waals surface area contributed by atoms with Crippen LogP contribution in [0.5, 0.6) is 0 Å². The van der Waals surface area contributed by atoms with Crippen molar-refractivity contribution >= 4 is 0 Å². The van der Waals surface area contributed by atoms with Crippen LogP contribution in [-0.2, 0) is 12.6 Å². The van der Waals surface area contributed by atoms with Gasteiger partial charge in [0.2, 0.25) is 0 Å². The van der Waals surface area contributed by atoms with Crippen molar-refractivity contribution in [3.8, 4) is 0 Å². The van der Waals surface area contributed by atoms with Crippen molar-refractivity contribution < 1.29 is 0 Å². The summed E-state index contributed by atoms with van der Waals surface area (Å²) in [5.74, 6) is 0.868. The number of hydrogen-bond donors (Lipinski definition) is 1. The molecule has 12 heavy (non-hydrogen) atoms. The van der Waals surface area contributed by atoms with Gasteiger partial charge < -0.3 is 5.73 Å². The molecule has 0 unspecified atom stereocenters. The first kappa shape index (κ1) is 9.19. The van der Waals surface area contributed by atoms with Gasteiger partial charge in [0, 0.05) is 7.05 Å². The van der Waals surface area contributed by atoms with Crippen molar-refractivity contribution in [3.63, 3.8) is 0 Å². The number of rotatable bonds is 3. The summed E-state index contributed by atoms with van der Waals surface area (Å²) in [5.41, 5.74) is 5.83. The molecule has 0 aliphatic rings. The van der Waals surface area contributed by atoms with Crippen molar-refractivity contribution in [1.82, 2.24) is 14.8 Å². The number of aromatic nitrogens is 3. The van der Waals surface area contributed by atoms with Crippen molar-refractivity contribution in [3.05, 3.63) is 12.2 Å². The Morgan fingerprint density at radius 2 is 2.08 bits per heavy atom. The number of aryl methyl sites for hydroxylation is 1. The highest BCUT2D eigenvalue weighted by molar-refractivity contribution is 5.02. The molecule has 0 atom stereocenters. The van der Waals surface area contributed by atoms with Crippen molar-refractivity contribution in [1.29, 1.82) is 0 Å². The van der Waals surface area contributed by atoms with Gasteiger partial charge >= 0.3 is 0 Å². The summed E-state index contributed by atoms with van der Waals surface area (Å²) in [7, 11) is 1.87. The number of nitrogens with zero attached hydrogens (tertiary/aromatic N) is 3. The van der Waals surface area contributed by atoms with E-state index in [0.29, 0.717) is 0 Å².